The van der Waals surface area contributed by atoms with Gasteiger partial charge in [0.2, 0.25) is 0 Å². The topological polar surface area (TPSA) is 38.0 Å². The van der Waals surface area contributed by atoms with Crippen LogP contribution in [0.4, 0.5) is 0 Å². The van der Waals surface area contributed by atoms with E-state index in [1.165, 1.54) is 44.9 Å². The summed E-state index contributed by atoms with van der Waals surface area (Å²) in [5.41, 5.74) is 2.73. The summed E-state index contributed by atoms with van der Waals surface area (Å²) in [7, 11) is 2.47. The Kier molecular flexibility index (Phi) is 7.26. The first kappa shape index (κ1) is 18.7. The van der Waals surface area contributed by atoms with E-state index in [2.05, 4.69) is 56.6 Å². The molecule has 0 amide bonds. The largest absolute Gasteiger partial charge is 0.318 e. The van der Waals surface area contributed by atoms with Gasteiger partial charge in [0.15, 0.2) is 0 Å². The molecule has 1 rings (SSSR count). The van der Waals surface area contributed by atoms with Crippen LogP contribution < -0.4 is 11.3 Å². The van der Waals surface area contributed by atoms with Gasteiger partial charge in [-0.05, 0) is 24.1 Å². The van der Waals surface area contributed by atoms with Crippen LogP contribution in [0.5, 0.6) is 0 Å². The van der Waals surface area contributed by atoms with E-state index in [9.17, 15) is 0 Å². The molecule has 0 saturated heterocycles. The van der Waals surface area contributed by atoms with Crippen LogP contribution in [0.1, 0.15) is 65.7 Å². The molecule has 2 unspecified atom stereocenters. The van der Waals surface area contributed by atoms with E-state index < -0.39 is 0 Å². The second kappa shape index (κ2) is 7.77. The average Bonchev–Trinajstić information content (AvgIpc) is 2.49. The molecule has 1 saturated carbocycles. The Balaban J connectivity index is 2.85. The monoisotopic (exact) mass is 408 g/mol. The molecule has 3 atom stereocenters. The van der Waals surface area contributed by atoms with Crippen LogP contribution in [0.15, 0.2) is 0 Å². The van der Waals surface area contributed by atoms with Crippen molar-refractivity contribution in [3.8, 4) is 0 Å². The molecule has 2 nitrogen and oxygen atoms in total. The molecule has 0 bridgehead atoms. The third-order valence-corrected chi connectivity index (χ3v) is 7.71. The number of thiocarbonyl (C=S) groups is 1. The molecular weight excluding hydrogens is 378 g/mol. The highest BCUT2D eigenvalue weighted by atomic mass is 127. The summed E-state index contributed by atoms with van der Waals surface area (Å²) in [6.45, 7) is 6.87. The summed E-state index contributed by atoms with van der Waals surface area (Å²) in [5, 5.41) is 0.469. The average molecular weight is 408 g/mol. The standard InChI is InChI=1S/C15H30BIN2S/c1-11(17)15(16)9-6-4-5-7-12(8-10-15)14(2,3)13(20)19-18/h11-12H,4-10,16,18H2,1-3H3,(H,19,20)/t11?,12-,15?/m1/s1. The fourth-order valence-corrected chi connectivity index (χ4v) is 4.15. The van der Waals surface area contributed by atoms with Crippen LogP contribution in [0.3, 0.4) is 0 Å². The van der Waals surface area contributed by atoms with Crippen molar-refractivity contribution in [2.45, 2.75) is 75.0 Å². The summed E-state index contributed by atoms with van der Waals surface area (Å²) >= 11 is 8.07. The highest BCUT2D eigenvalue weighted by Gasteiger charge is 2.37. The smallest absolute Gasteiger partial charge is 0.110 e. The zero-order chi connectivity index (χ0) is 15.4. The molecule has 0 spiro atoms. The van der Waals surface area contributed by atoms with Crippen molar-refractivity contribution in [2.75, 3.05) is 0 Å². The number of alkyl halides is 1. The lowest BCUT2D eigenvalue weighted by Crippen LogP contribution is -2.44. The van der Waals surface area contributed by atoms with Gasteiger partial charge in [-0.1, -0.05) is 87.7 Å². The minimum absolute atomic E-state index is 0.00381. The molecular formula is C15H30BIN2S. The number of hydrogen-bond acceptors (Lipinski definition) is 2. The Bertz CT molecular complexity index is 336. The molecule has 0 aromatic heterocycles. The first-order valence-electron chi connectivity index (χ1n) is 7.89. The summed E-state index contributed by atoms with van der Waals surface area (Å²) in [5.74, 6) is 6.21. The van der Waals surface area contributed by atoms with Gasteiger partial charge in [0, 0.05) is 9.34 Å². The van der Waals surface area contributed by atoms with Crippen molar-refractivity contribution in [3.63, 3.8) is 0 Å². The molecule has 1 aliphatic rings. The maximum absolute atomic E-state index is 5.57. The van der Waals surface area contributed by atoms with Crippen molar-refractivity contribution in [1.82, 2.24) is 5.43 Å². The van der Waals surface area contributed by atoms with Crippen LogP contribution in [-0.2, 0) is 0 Å². The maximum Gasteiger partial charge on any atom is 0.110 e. The Hall–Kier alpha value is 0.645. The minimum Gasteiger partial charge on any atom is -0.318 e. The highest BCUT2D eigenvalue weighted by molar-refractivity contribution is 14.1. The molecule has 0 aromatic rings. The molecule has 20 heavy (non-hydrogen) atoms. The number of hydrogen-bond donors (Lipinski definition) is 2. The van der Waals surface area contributed by atoms with Gasteiger partial charge in [0.05, 0.1) is 4.99 Å². The zero-order valence-corrected chi connectivity index (χ0v) is 16.4. The Morgan fingerprint density at radius 3 is 2.55 bits per heavy atom. The van der Waals surface area contributed by atoms with Gasteiger partial charge in [0.25, 0.3) is 0 Å². The fourth-order valence-electron chi connectivity index (χ4n) is 3.36. The number of hydrazine groups is 1. The quantitative estimate of drug-likeness (QED) is 0.187. The van der Waals surface area contributed by atoms with E-state index >= 15 is 0 Å². The Morgan fingerprint density at radius 2 is 2.00 bits per heavy atom. The maximum atomic E-state index is 5.57. The first-order valence-corrected chi connectivity index (χ1v) is 9.54. The lowest BCUT2D eigenvalue weighted by molar-refractivity contribution is 0.253. The lowest BCUT2D eigenvalue weighted by Gasteiger charge is -2.38. The van der Waals surface area contributed by atoms with E-state index in [0.717, 1.165) is 8.91 Å². The predicted molar refractivity (Wildman–Crippen MR) is 104 cm³/mol. The van der Waals surface area contributed by atoms with E-state index in [1.54, 1.807) is 0 Å². The number of rotatable bonds is 3. The number of halogens is 1. The molecule has 5 heteroatoms. The third-order valence-electron chi connectivity index (χ3n) is 5.56. The molecule has 0 radical (unpaired) electrons. The predicted octanol–water partition coefficient (Wildman–Crippen LogP) is 3.78. The van der Waals surface area contributed by atoms with Gasteiger partial charge in [-0.2, -0.15) is 0 Å². The van der Waals surface area contributed by atoms with Crippen molar-refractivity contribution in [1.29, 1.82) is 0 Å². The van der Waals surface area contributed by atoms with Gasteiger partial charge in [0.1, 0.15) is 7.85 Å². The number of nitrogens with two attached hydrogens (primary N) is 1. The summed E-state index contributed by atoms with van der Waals surface area (Å²) in [4.78, 5) is 0.811. The lowest BCUT2D eigenvalue weighted by atomic mass is 9.60. The van der Waals surface area contributed by atoms with Crippen molar-refractivity contribution in [3.05, 3.63) is 0 Å². The minimum atomic E-state index is 0.00381. The molecule has 0 heterocycles. The molecule has 0 aromatic carbocycles. The Labute approximate surface area is 144 Å². The first-order chi connectivity index (χ1) is 9.24. The molecule has 3 N–H and O–H groups in total. The third kappa shape index (κ3) is 4.57. The van der Waals surface area contributed by atoms with Crippen LogP contribution in [0.25, 0.3) is 0 Å². The molecule has 0 aliphatic heterocycles. The van der Waals surface area contributed by atoms with Crippen molar-refractivity contribution in [2.24, 2.45) is 17.2 Å². The van der Waals surface area contributed by atoms with E-state index in [0.29, 0.717) is 11.2 Å². The van der Waals surface area contributed by atoms with E-state index in [1.807, 2.05) is 0 Å². The van der Waals surface area contributed by atoms with Gasteiger partial charge in [-0.3, -0.25) is 5.84 Å². The second-order valence-electron chi connectivity index (χ2n) is 7.30. The highest BCUT2D eigenvalue weighted by Crippen LogP contribution is 2.47. The van der Waals surface area contributed by atoms with Gasteiger partial charge in [-0.15, -0.1) is 0 Å². The summed E-state index contributed by atoms with van der Waals surface area (Å²) in [6, 6.07) is 0. The molecule has 1 aliphatic carbocycles. The van der Waals surface area contributed by atoms with E-state index in [-0.39, 0.29) is 5.41 Å². The van der Waals surface area contributed by atoms with Crippen molar-refractivity contribution < 1.29 is 0 Å². The zero-order valence-electron chi connectivity index (χ0n) is 13.5. The van der Waals surface area contributed by atoms with Crippen LogP contribution in [0.2, 0.25) is 5.31 Å². The van der Waals surface area contributed by atoms with Gasteiger partial charge >= 0.3 is 0 Å². The van der Waals surface area contributed by atoms with Crippen LogP contribution >= 0.6 is 34.8 Å². The van der Waals surface area contributed by atoms with Gasteiger partial charge < -0.3 is 5.43 Å². The van der Waals surface area contributed by atoms with Crippen molar-refractivity contribution >= 4 is 47.6 Å². The normalized spacial score (nSPS) is 30.8. The number of nitrogens with one attached hydrogen (secondary N) is 1. The van der Waals surface area contributed by atoms with E-state index in [4.69, 9.17) is 18.1 Å². The Morgan fingerprint density at radius 1 is 1.35 bits per heavy atom. The van der Waals surface area contributed by atoms with Crippen LogP contribution in [0, 0.1) is 11.3 Å². The summed E-state index contributed by atoms with van der Waals surface area (Å²) < 4.78 is 0.724. The second-order valence-corrected chi connectivity index (χ2v) is 9.58. The summed E-state index contributed by atoms with van der Waals surface area (Å²) in [6.07, 6.45) is 9.26. The fraction of sp³-hybridized carbons (Fsp3) is 0.933. The van der Waals surface area contributed by atoms with Crippen LogP contribution in [-0.4, -0.2) is 16.8 Å². The SMILES string of the molecule is BC1(C(C)I)CCCCC[C@@H](C(C)(C)C(=S)NN)CC1. The molecule has 116 valence electrons. The molecule has 1 fully saturated rings. The van der Waals surface area contributed by atoms with Gasteiger partial charge in [-0.25, -0.2) is 0 Å².